The Bertz CT molecular complexity index is 821. The van der Waals surface area contributed by atoms with E-state index in [1.807, 2.05) is 9.80 Å². The van der Waals surface area contributed by atoms with E-state index in [-0.39, 0.29) is 11.6 Å². The molecule has 7 heteroatoms. The summed E-state index contributed by atoms with van der Waals surface area (Å²) in [5.74, 6) is -1.59. The zero-order chi connectivity index (χ0) is 19.7. The Balaban J connectivity index is 1.30. The lowest BCUT2D eigenvalue weighted by Gasteiger charge is -2.35. The molecule has 0 bridgehead atoms. The summed E-state index contributed by atoms with van der Waals surface area (Å²) >= 11 is 0. The first-order chi connectivity index (χ1) is 13.4. The van der Waals surface area contributed by atoms with Crippen LogP contribution in [-0.4, -0.2) is 47.2 Å². The fourth-order valence-corrected chi connectivity index (χ4v) is 3.52. The normalized spacial score (nSPS) is 17.7. The van der Waals surface area contributed by atoms with Crippen molar-refractivity contribution in [3.63, 3.8) is 0 Å². The van der Waals surface area contributed by atoms with Crippen LogP contribution in [0, 0.1) is 0 Å². The molecule has 0 atom stereocenters. The van der Waals surface area contributed by atoms with Crippen LogP contribution in [0.25, 0.3) is 0 Å². The number of alkyl halides is 2. The maximum atomic E-state index is 13.3. The van der Waals surface area contributed by atoms with Gasteiger partial charge < -0.3 is 9.80 Å². The van der Waals surface area contributed by atoms with Gasteiger partial charge in [0.25, 0.3) is 5.92 Å². The highest BCUT2D eigenvalue weighted by Gasteiger charge is 2.28. The van der Waals surface area contributed by atoms with Crippen LogP contribution in [0.2, 0.25) is 0 Å². The van der Waals surface area contributed by atoms with Crippen molar-refractivity contribution >= 4 is 11.7 Å². The molecule has 0 unspecified atom stereocenters. The van der Waals surface area contributed by atoms with Gasteiger partial charge in [0.2, 0.25) is 5.91 Å². The number of amides is 1. The maximum Gasteiger partial charge on any atom is 0.288 e. The lowest BCUT2D eigenvalue weighted by molar-refractivity contribution is -0.130. The van der Waals surface area contributed by atoms with Gasteiger partial charge in [0, 0.05) is 33.1 Å². The van der Waals surface area contributed by atoms with E-state index < -0.39 is 5.92 Å². The molecular formula is C21H24F2N4O. The first-order valence-electron chi connectivity index (χ1n) is 9.74. The zero-order valence-electron chi connectivity index (χ0n) is 15.9. The third kappa shape index (κ3) is 4.29. The van der Waals surface area contributed by atoms with E-state index >= 15 is 0 Å². The first-order valence-corrected chi connectivity index (χ1v) is 9.74. The van der Waals surface area contributed by atoms with Gasteiger partial charge in [-0.25, -0.2) is 0 Å². The Morgan fingerprint density at radius 2 is 1.71 bits per heavy atom. The summed E-state index contributed by atoms with van der Waals surface area (Å²) in [6.07, 6.45) is 2.96. The number of anilines is 1. The maximum absolute atomic E-state index is 13.3. The molecule has 1 saturated heterocycles. The van der Waals surface area contributed by atoms with E-state index in [1.165, 1.54) is 24.5 Å². The second-order valence-corrected chi connectivity index (χ2v) is 7.73. The van der Waals surface area contributed by atoms with Gasteiger partial charge in [-0.05, 0) is 42.0 Å². The summed E-state index contributed by atoms with van der Waals surface area (Å²) in [6, 6.07) is 11.3. The molecule has 0 radical (unpaired) electrons. The van der Waals surface area contributed by atoms with Gasteiger partial charge >= 0.3 is 0 Å². The molecule has 1 aliphatic heterocycles. The summed E-state index contributed by atoms with van der Waals surface area (Å²) in [7, 11) is 0. The molecule has 1 amide bonds. The monoisotopic (exact) mass is 386 g/mol. The van der Waals surface area contributed by atoms with Crippen LogP contribution in [0.4, 0.5) is 14.6 Å². The van der Waals surface area contributed by atoms with Crippen molar-refractivity contribution in [1.29, 1.82) is 0 Å². The molecule has 4 rings (SSSR count). The standard InChI is InChI=1S/C21H24F2N4O/c1-21(22,23)18-8-9-19(25-24-18)26-10-12-27(13-11-26)20(28)14-15-2-4-16(5-3-15)17-6-7-17/h2-5,8-9,17H,6-7,10-14H2,1H3. The highest BCUT2D eigenvalue weighted by Crippen LogP contribution is 2.39. The van der Waals surface area contributed by atoms with E-state index in [4.69, 9.17) is 0 Å². The van der Waals surface area contributed by atoms with Crippen LogP contribution in [0.5, 0.6) is 0 Å². The first kappa shape index (κ1) is 18.8. The summed E-state index contributed by atoms with van der Waals surface area (Å²) in [5.41, 5.74) is 2.08. The number of rotatable bonds is 5. The van der Waals surface area contributed by atoms with Gasteiger partial charge in [-0.15, -0.1) is 10.2 Å². The summed E-state index contributed by atoms with van der Waals surface area (Å²) < 4.78 is 26.5. The molecule has 2 fully saturated rings. The molecule has 1 aromatic carbocycles. The summed E-state index contributed by atoms with van der Waals surface area (Å²) in [4.78, 5) is 16.4. The predicted molar refractivity (Wildman–Crippen MR) is 103 cm³/mol. The molecule has 2 aliphatic rings. The SMILES string of the molecule is CC(F)(F)c1ccc(N2CCN(C(=O)Cc3ccc(C4CC4)cc3)CC2)nn1. The highest BCUT2D eigenvalue weighted by molar-refractivity contribution is 5.79. The number of carbonyl (C=O) groups is 1. The number of hydrogen-bond acceptors (Lipinski definition) is 4. The van der Waals surface area contributed by atoms with Crippen molar-refractivity contribution in [3.05, 3.63) is 53.2 Å². The Labute approximate surface area is 163 Å². The minimum Gasteiger partial charge on any atom is -0.352 e. The minimum atomic E-state index is -2.99. The van der Waals surface area contributed by atoms with Gasteiger partial charge in [-0.1, -0.05) is 24.3 Å². The molecule has 5 nitrogen and oxygen atoms in total. The smallest absolute Gasteiger partial charge is 0.288 e. The molecule has 2 heterocycles. The molecule has 28 heavy (non-hydrogen) atoms. The summed E-state index contributed by atoms with van der Waals surface area (Å²) in [6.45, 7) is 3.21. The van der Waals surface area contributed by atoms with Crippen molar-refractivity contribution in [1.82, 2.24) is 15.1 Å². The van der Waals surface area contributed by atoms with E-state index in [0.29, 0.717) is 38.4 Å². The van der Waals surface area contributed by atoms with Gasteiger partial charge in [0.15, 0.2) is 5.82 Å². The van der Waals surface area contributed by atoms with Crippen molar-refractivity contribution in [3.8, 4) is 0 Å². The van der Waals surface area contributed by atoms with Crippen LogP contribution in [0.15, 0.2) is 36.4 Å². The number of piperazine rings is 1. The third-order valence-electron chi connectivity index (χ3n) is 5.44. The predicted octanol–water partition coefficient (Wildman–Crippen LogP) is 3.36. The van der Waals surface area contributed by atoms with Gasteiger partial charge in [0.05, 0.1) is 6.42 Å². The topological polar surface area (TPSA) is 49.3 Å². The number of hydrogen-bond donors (Lipinski definition) is 0. The number of benzene rings is 1. The fourth-order valence-electron chi connectivity index (χ4n) is 3.52. The number of nitrogens with zero attached hydrogens (tertiary/aromatic N) is 4. The molecule has 1 aromatic heterocycles. The van der Waals surface area contributed by atoms with Gasteiger partial charge in [-0.2, -0.15) is 8.78 Å². The molecule has 0 N–H and O–H groups in total. The van der Waals surface area contributed by atoms with E-state index in [0.717, 1.165) is 18.4 Å². The molecule has 1 aliphatic carbocycles. The molecule has 2 aromatic rings. The number of carbonyl (C=O) groups excluding carboxylic acids is 1. The van der Waals surface area contributed by atoms with Crippen molar-refractivity contribution in [2.45, 2.75) is 38.0 Å². The van der Waals surface area contributed by atoms with Crippen LogP contribution in [0.3, 0.4) is 0 Å². The Hall–Kier alpha value is -2.57. The second kappa shape index (κ2) is 7.45. The minimum absolute atomic E-state index is 0.117. The molecule has 0 spiro atoms. The van der Waals surface area contributed by atoms with Crippen molar-refractivity contribution in [2.24, 2.45) is 0 Å². The summed E-state index contributed by atoms with van der Waals surface area (Å²) in [5, 5.41) is 7.56. The number of halogens is 2. The van der Waals surface area contributed by atoms with Crippen LogP contribution in [0.1, 0.15) is 42.5 Å². The quantitative estimate of drug-likeness (QED) is 0.791. The average Bonchev–Trinajstić information content (AvgIpc) is 3.53. The third-order valence-corrected chi connectivity index (χ3v) is 5.44. The Kier molecular flexibility index (Phi) is 5.00. The molecule has 1 saturated carbocycles. The van der Waals surface area contributed by atoms with Crippen molar-refractivity contribution in [2.75, 3.05) is 31.1 Å². The van der Waals surface area contributed by atoms with E-state index in [2.05, 4.69) is 34.5 Å². The largest absolute Gasteiger partial charge is 0.352 e. The highest BCUT2D eigenvalue weighted by atomic mass is 19.3. The van der Waals surface area contributed by atoms with Crippen molar-refractivity contribution < 1.29 is 13.6 Å². The number of aromatic nitrogens is 2. The fraction of sp³-hybridized carbons (Fsp3) is 0.476. The lowest BCUT2D eigenvalue weighted by Crippen LogP contribution is -2.49. The van der Waals surface area contributed by atoms with Gasteiger partial charge in [-0.3, -0.25) is 4.79 Å². The van der Waals surface area contributed by atoms with Crippen LogP contribution >= 0.6 is 0 Å². The molecule has 148 valence electrons. The Morgan fingerprint density at radius 1 is 1.04 bits per heavy atom. The molecular weight excluding hydrogens is 362 g/mol. The van der Waals surface area contributed by atoms with Crippen LogP contribution in [-0.2, 0) is 17.1 Å². The van der Waals surface area contributed by atoms with E-state index in [9.17, 15) is 13.6 Å². The second-order valence-electron chi connectivity index (χ2n) is 7.73. The van der Waals surface area contributed by atoms with Crippen LogP contribution < -0.4 is 4.90 Å². The zero-order valence-corrected chi connectivity index (χ0v) is 15.9. The van der Waals surface area contributed by atoms with E-state index in [1.54, 1.807) is 6.07 Å². The average molecular weight is 386 g/mol. The lowest BCUT2D eigenvalue weighted by atomic mass is 10.1. The Morgan fingerprint density at radius 3 is 2.25 bits per heavy atom. The van der Waals surface area contributed by atoms with Gasteiger partial charge in [0.1, 0.15) is 5.69 Å².